The Morgan fingerprint density at radius 2 is 1.94 bits per heavy atom. The summed E-state index contributed by atoms with van der Waals surface area (Å²) in [5.74, 6) is -1.64. The number of benzene rings is 1. The molecule has 1 unspecified atom stereocenters. The highest BCUT2D eigenvalue weighted by Gasteiger charge is 2.28. The summed E-state index contributed by atoms with van der Waals surface area (Å²) in [6.07, 6.45) is 1.55. The topological polar surface area (TPSA) is 88.7 Å². The van der Waals surface area contributed by atoms with Crippen LogP contribution in [-0.4, -0.2) is 60.0 Å². The molecular formula is C23H27FN2O5. The van der Waals surface area contributed by atoms with E-state index in [4.69, 9.17) is 9.47 Å². The third kappa shape index (κ3) is 5.19. The van der Waals surface area contributed by atoms with Crippen LogP contribution in [-0.2, 0) is 9.47 Å². The summed E-state index contributed by atoms with van der Waals surface area (Å²) >= 11 is 0. The van der Waals surface area contributed by atoms with Crippen molar-refractivity contribution < 1.29 is 28.2 Å². The number of hydrogen-bond donors (Lipinski definition) is 1. The van der Waals surface area contributed by atoms with Gasteiger partial charge in [0.2, 0.25) is 0 Å². The monoisotopic (exact) mass is 430 g/mol. The largest absolute Gasteiger partial charge is 0.461 e. The lowest BCUT2D eigenvalue weighted by Gasteiger charge is -2.25. The van der Waals surface area contributed by atoms with Crippen LogP contribution in [0.2, 0.25) is 0 Å². The van der Waals surface area contributed by atoms with Crippen molar-refractivity contribution in [3.05, 3.63) is 58.2 Å². The van der Waals surface area contributed by atoms with Gasteiger partial charge in [0.1, 0.15) is 11.5 Å². The first-order valence-electron chi connectivity index (χ1n) is 10.4. The maximum absolute atomic E-state index is 13.3. The second kappa shape index (κ2) is 9.87. The number of carbonyl (C=O) groups is 3. The van der Waals surface area contributed by atoms with Gasteiger partial charge in [0, 0.05) is 30.0 Å². The molecule has 0 radical (unpaired) electrons. The minimum absolute atomic E-state index is 0.152. The Bertz CT molecular complexity index is 961. The molecule has 0 spiro atoms. The summed E-state index contributed by atoms with van der Waals surface area (Å²) in [6.45, 7) is 6.01. The van der Waals surface area contributed by atoms with E-state index >= 15 is 0 Å². The van der Waals surface area contributed by atoms with Crippen molar-refractivity contribution in [2.45, 2.75) is 39.7 Å². The van der Waals surface area contributed by atoms with Gasteiger partial charge < -0.3 is 19.4 Å². The van der Waals surface area contributed by atoms with Gasteiger partial charge in [-0.05, 0) is 63.4 Å². The number of aromatic nitrogens is 1. The van der Waals surface area contributed by atoms with Crippen LogP contribution in [0.25, 0.3) is 0 Å². The molecule has 2 aromatic rings. The lowest BCUT2D eigenvalue weighted by Crippen LogP contribution is -2.41. The second-order valence-corrected chi connectivity index (χ2v) is 7.60. The number of esters is 1. The zero-order valence-corrected chi connectivity index (χ0v) is 18.0. The molecule has 0 bridgehead atoms. The van der Waals surface area contributed by atoms with Crippen LogP contribution in [0.15, 0.2) is 24.3 Å². The van der Waals surface area contributed by atoms with Gasteiger partial charge in [0.15, 0.2) is 5.78 Å². The van der Waals surface area contributed by atoms with Gasteiger partial charge in [-0.25, -0.2) is 9.18 Å². The number of aromatic amines is 1. The molecule has 1 saturated heterocycles. The SMILES string of the molecule is CCOC(=O)c1[nH]c(C)c(C(=O)CN(CC2CCCO2)C(=O)c2ccc(F)cc2)c1C. The van der Waals surface area contributed by atoms with Gasteiger partial charge in [-0.2, -0.15) is 0 Å². The van der Waals surface area contributed by atoms with Gasteiger partial charge in [-0.3, -0.25) is 9.59 Å². The number of nitrogens with zero attached hydrogens (tertiary/aromatic N) is 1. The Morgan fingerprint density at radius 1 is 1.23 bits per heavy atom. The molecular weight excluding hydrogens is 403 g/mol. The Morgan fingerprint density at radius 3 is 2.55 bits per heavy atom. The van der Waals surface area contributed by atoms with Crippen LogP contribution in [0, 0.1) is 19.7 Å². The first-order valence-corrected chi connectivity index (χ1v) is 10.4. The molecule has 0 saturated carbocycles. The van der Waals surface area contributed by atoms with Crippen molar-refractivity contribution in [3.63, 3.8) is 0 Å². The van der Waals surface area contributed by atoms with E-state index < -0.39 is 11.8 Å². The third-order valence-electron chi connectivity index (χ3n) is 5.36. The molecule has 1 aliphatic heterocycles. The maximum Gasteiger partial charge on any atom is 0.355 e. The average molecular weight is 430 g/mol. The number of ketones is 1. The smallest absolute Gasteiger partial charge is 0.355 e. The molecule has 1 N–H and O–H groups in total. The van der Waals surface area contributed by atoms with Crippen molar-refractivity contribution in [2.75, 3.05) is 26.3 Å². The van der Waals surface area contributed by atoms with Crippen molar-refractivity contribution >= 4 is 17.7 Å². The molecule has 1 aromatic heterocycles. The summed E-state index contributed by atoms with van der Waals surface area (Å²) < 4.78 is 24.0. The van der Waals surface area contributed by atoms with Crippen molar-refractivity contribution in [1.29, 1.82) is 0 Å². The summed E-state index contributed by atoms with van der Waals surface area (Å²) in [6, 6.07) is 5.23. The molecule has 8 heteroatoms. The number of ether oxygens (including phenoxy) is 2. The molecule has 0 aliphatic carbocycles. The summed E-state index contributed by atoms with van der Waals surface area (Å²) in [5, 5.41) is 0. The van der Waals surface area contributed by atoms with Crippen molar-refractivity contribution in [1.82, 2.24) is 9.88 Å². The first-order chi connectivity index (χ1) is 14.8. The van der Waals surface area contributed by atoms with E-state index in [1.54, 1.807) is 20.8 Å². The lowest BCUT2D eigenvalue weighted by atomic mass is 10.0. The van der Waals surface area contributed by atoms with E-state index in [1.165, 1.54) is 29.2 Å². The fourth-order valence-electron chi connectivity index (χ4n) is 3.86. The number of halogens is 1. The number of rotatable bonds is 8. The van der Waals surface area contributed by atoms with Gasteiger partial charge >= 0.3 is 5.97 Å². The van der Waals surface area contributed by atoms with E-state index in [9.17, 15) is 18.8 Å². The Labute approximate surface area is 180 Å². The number of amides is 1. The number of aryl methyl sites for hydroxylation is 1. The van der Waals surface area contributed by atoms with E-state index in [0.29, 0.717) is 29.0 Å². The molecule has 1 aromatic carbocycles. The van der Waals surface area contributed by atoms with Gasteiger partial charge in [0.05, 0.1) is 19.3 Å². The highest BCUT2D eigenvalue weighted by Crippen LogP contribution is 2.21. The molecule has 3 rings (SSSR count). The van der Waals surface area contributed by atoms with Crippen LogP contribution in [0.3, 0.4) is 0 Å². The van der Waals surface area contributed by atoms with Crippen LogP contribution >= 0.6 is 0 Å². The first kappa shape index (κ1) is 22.7. The molecule has 7 nitrogen and oxygen atoms in total. The molecule has 1 atom stereocenters. The number of hydrogen-bond acceptors (Lipinski definition) is 5. The third-order valence-corrected chi connectivity index (χ3v) is 5.36. The number of nitrogens with one attached hydrogen (secondary N) is 1. The molecule has 166 valence electrons. The lowest BCUT2D eigenvalue weighted by molar-refractivity contribution is 0.0505. The maximum atomic E-state index is 13.3. The van der Waals surface area contributed by atoms with E-state index in [2.05, 4.69) is 4.98 Å². The quantitative estimate of drug-likeness (QED) is 0.512. The van der Waals surface area contributed by atoms with Crippen molar-refractivity contribution in [2.24, 2.45) is 0 Å². The molecule has 1 aliphatic rings. The van der Waals surface area contributed by atoms with Gasteiger partial charge in [-0.1, -0.05) is 0 Å². The molecule has 31 heavy (non-hydrogen) atoms. The normalized spacial score (nSPS) is 15.7. The van der Waals surface area contributed by atoms with Crippen LogP contribution < -0.4 is 0 Å². The minimum Gasteiger partial charge on any atom is -0.461 e. The predicted molar refractivity (Wildman–Crippen MR) is 112 cm³/mol. The van der Waals surface area contributed by atoms with Crippen LogP contribution in [0.4, 0.5) is 4.39 Å². The molecule has 1 fully saturated rings. The van der Waals surface area contributed by atoms with Crippen molar-refractivity contribution in [3.8, 4) is 0 Å². The highest BCUT2D eigenvalue weighted by atomic mass is 19.1. The van der Waals surface area contributed by atoms with Crippen LogP contribution in [0.5, 0.6) is 0 Å². The molecule has 1 amide bonds. The van der Waals surface area contributed by atoms with E-state index in [0.717, 1.165) is 12.8 Å². The Hall–Kier alpha value is -3.00. The Balaban J connectivity index is 1.85. The number of H-pyrrole nitrogens is 1. The summed E-state index contributed by atoms with van der Waals surface area (Å²) in [4.78, 5) is 42.8. The van der Waals surface area contributed by atoms with E-state index in [1.807, 2.05) is 0 Å². The number of Topliss-reactive ketones (excluding diaryl/α,β-unsaturated/α-hetero) is 1. The average Bonchev–Trinajstić information content (AvgIpc) is 3.35. The van der Waals surface area contributed by atoms with E-state index in [-0.39, 0.29) is 43.2 Å². The minimum atomic E-state index is -0.527. The predicted octanol–water partition coefficient (Wildman–Crippen LogP) is 3.45. The molecule has 2 heterocycles. The zero-order valence-electron chi connectivity index (χ0n) is 18.0. The van der Waals surface area contributed by atoms with Gasteiger partial charge in [-0.15, -0.1) is 0 Å². The fraction of sp³-hybridized carbons (Fsp3) is 0.435. The highest BCUT2D eigenvalue weighted by molar-refractivity contribution is 6.05. The fourth-order valence-corrected chi connectivity index (χ4v) is 3.86. The second-order valence-electron chi connectivity index (χ2n) is 7.60. The van der Waals surface area contributed by atoms with Gasteiger partial charge in [0.25, 0.3) is 5.91 Å². The Kier molecular flexibility index (Phi) is 7.22. The van der Waals surface area contributed by atoms with Crippen LogP contribution in [0.1, 0.15) is 62.2 Å². The summed E-state index contributed by atoms with van der Waals surface area (Å²) in [5.41, 5.74) is 1.93. The zero-order chi connectivity index (χ0) is 22.5. The summed E-state index contributed by atoms with van der Waals surface area (Å²) in [7, 11) is 0. The standard InChI is InChI=1S/C23H27FN2O5/c1-4-30-23(29)21-14(2)20(15(3)25-21)19(27)13-26(12-18-6-5-11-31-18)22(28)16-7-9-17(24)10-8-16/h7-10,18,25H,4-6,11-13H2,1-3H3. The number of carbonyl (C=O) groups excluding carboxylic acids is 3.